The van der Waals surface area contributed by atoms with Crippen molar-refractivity contribution in [1.82, 2.24) is 4.57 Å². The molecule has 8 nitrogen and oxygen atoms in total. The van der Waals surface area contributed by atoms with Crippen LogP contribution in [0, 0.1) is 3.57 Å². The molecular formula is C34H33IN2O6S. The fourth-order valence-electron chi connectivity index (χ4n) is 4.94. The summed E-state index contributed by atoms with van der Waals surface area (Å²) < 4.78 is 26.4. The van der Waals surface area contributed by atoms with Crippen molar-refractivity contribution in [2.75, 3.05) is 13.7 Å². The molecule has 228 valence electrons. The molecule has 10 heteroatoms. The summed E-state index contributed by atoms with van der Waals surface area (Å²) in [5, 5.41) is 0. The second-order valence-corrected chi connectivity index (χ2v) is 12.6. The van der Waals surface area contributed by atoms with Crippen molar-refractivity contribution in [3.63, 3.8) is 0 Å². The molecule has 0 spiro atoms. The quantitative estimate of drug-likeness (QED) is 0.152. The third-order valence-electron chi connectivity index (χ3n) is 6.89. The molecule has 0 bridgehead atoms. The van der Waals surface area contributed by atoms with Crippen molar-refractivity contribution < 1.29 is 23.7 Å². The monoisotopic (exact) mass is 724 g/mol. The molecule has 0 radical (unpaired) electrons. The van der Waals surface area contributed by atoms with Gasteiger partial charge in [0.1, 0.15) is 18.4 Å². The highest BCUT2D eigenvalue weighted by atomic mass is 127. The van der Waals surface area contributed by atoms with E-state index in [9.17, 15) is 9.59 Å². The Balaban J connectivity index is 1.57. The number of rotatable bonds is 10. The zero-order valence-corrected chi connectivity index (χ0v) is 28.1. The molecule has 4 aromatic rings. The Hall–Kier alpha value is -3.90. The summed E-state index contributed by atoms with van der Waals surface area (Å²) in [4.78, 5) is 32.5. The first kappa shape index (κ1) is 31.5. The van der Waals surface area contributed by atoms with Crippen molar-refractivity contribution in [3.05, 3.63) is 118 Å². The van der Waals surface area contributed by atoms with Gasteiger partial charge in [0.2, 0.25) is 0 Å². The maximum absolute atomic E-state index is 14.1. The molecule has 0 aliphatic carbocycles. The number of carbonyl (C=O) groups is 1. The van der Waals surface area contributed by atoms with E-state index in [0.717, 1.165) is 14.7 Å². The van der Waals surface area contributed by atoms with Gasteiger partial charge in [-0.15, -0.1) is 0 Å². The fourth-order valence-corrected chi connectivity index (χ4v) is 6.35. The highest BCUT2D eigenvalue weighted by Crippen LogP contribution is 2.36. The first-order valence-electron chi connectivity index (χ1n) is 14.2. The lowest BCUT2D eigenvalue weighted by Gasteiger charge is -2.26. The zero-order chi connectivity index (χ0) is 31.4. The number of methoxy groups -OCH3 is 1. The number of esters is 1. The van der Waals surface area contributed by atoms with Gasteiger partial charge in [0, 0.05) is 9.13 Å². The van der Waals surface area contributed by atoms with Crippen molar-refractivity contribution in [1.29, 1.82) is 0 Å². The van der Waals surface area contributed by atoms with Crippen LogP contribution < -0.4 is 29.1 Å². The van der Waals surface area contributed by atoms with Crippen LogP contribution in [0.3, 0.4) is 0 Å². The standard InChI is InChI=1S/C34H33IN2O6S/c1-6-41-33(39)30-21(4)36-34-37(31(30)25-9-7-8-10-26(25)43-20(2)3)32(38)29(44-34)18-23-13-16-27(28(17-23)40-5)42-19-22-11-14-24(35)15-12-22/h7-18,20,31H,6,19H2,1-5H3/b29-18+/t31-/m0/s1. The lowest BCUT2D eigenvalue weighted by molar-refractivity contribution is -0.139. The molecule has 44 heavy (non-hydrogen) atoms. The van der Waals surface area contributed by atoms with E-state index in [1.807, 2.05) is 80.6 Å². The van der Waals surface area contributed by atoms with Gasteiger partial charge in [0.25, 0.3) is 5.56 Å². The molecule has 1 atom stereocenters. The molecule has 0 saturated heterocycles. The molecule has 0 saturated carbocycles. The highest BCUT2D eigenvalue weighted by molar-refractivity contribution is 14.1. The number of ether oxygens (including phenoxy) is 4. The molecule has 0 unspecified atom stereocenters. The maximum Gasteiger partial charge on any atom is 0.338 e. The van der Waals surface area contributed by atoms with E-state index in [-0.39, 0.29) is 18.3 Å². The van der Waals surface area contributed by atoms with Crippen LogP contribution in [0.15, 0.2) is 87.8 Å². The Kier molecular flexibility index (Phi) is 9.90. The van der Waals surface area contributed by atoms with Gasteiger partial charge < -0.3 is 18.9 Å². The minimum Gasteiger partial charge on any atom is -0.493 e. The summed E-state index contributed by atoms with van der Waals surface area (Å²) in [5.41, 5.74) is 3.02. The number of para-hydroxylation sites is 1. The Morgan fingerprint density at radius 2 is 1.82 bits per heavy atom. The third kappa shape index (κ3) is 6.76. The van der Waals surface area contributed by atoms with Crippen LogP contribution in [0.25, 0.3) is 6.08 Å². The molecule has 1 aliphatic rings. The first-order valence-corrected chi connectivity index (χ1v) is 16.1. The largest absolute Gasteiger partial charge is 0.493 e. The molecule has 0 fully saturated rings. The van der Waals surface area contributed by atoms with Crippen molar-refractivity contribution >= 4 is 46.0 Å². The topological polar surface area (TPSA) is 88.4 Å². The molecule has 0 N–H and O–H groups in total. The number of hydrogen-bond donors (Lipinski definition) is 0. The van der Waals surface area contributed by atoms with Crippen LogP contribution in [0.1, 0.15) is 50.4 Å². The third-order valence-corrected chi connectivity index (χ3v) is 8.59. The number of thiazole rings is 1. The maximum atomic E-state index is 14.1. The van der Waals surface area contributed by atoms with Crippen LogP contribution in [0.5, 0.6) is 17.2 Å². The summed E-state index contributed by atoms with van der Waals surface area (Å²) in [7, 11) is 1.58. The zero-order valence-electron chi connectivity index (χ0n) is 25.1. The normalized spacial score (nSPS) is 14.7. The number of aromatic nitrogens is 1. The van der Waals surface area contributed by atoms with Crippen LogP contribution in [0.4, 0.5) is 0 Å². The minimum atomic E-state index is -0.769. The molecule has 2 heterocycles. The Morgan fingerprint density at radius 1 is 1.07 bits per heavy atom. The molecule has 3 aromatic carbocycles. The fraction of sp³-hybridized carbons (Fsp3) is 0.265. The minimum absolute atomic E-state index is 0.110. The number of hydrogen-bond acceptors (Lipinski definition) is 8. The second kappa shape index (κ2) is 13.8. The van der Waals surface area contributed by atoms with Gasteiger partial charge in [0.05, 0.1) is 35.6 Å². The van der Waals surface area contributed by atoms with Gasteiger partial charge in [-0.2, -0.15) is 0 Å². The average Bonchev–Trinajstić information content (AvgIpc) is 3.30. The number of carbonyl (C=O) groups excluding carboxylic acids is 1. The van der Waals surface area contributed by atoms with Gasteiger partial charge in [-0.3, -0.25) is 9.36 Å². The lowest BCUT2D eigenvalue weighted by atomic mass is 9.95. The van der Waals surface area contributed by atoms with Crippen molar-refractivity contribution in [2.24, 2.45) is 4.99 Å². The van der Waals surface area contributed by atoms with Crippen LogP contribution in [-0.2, 0) is 16.1 Å². The van der Waals surface area contributed by atoms with Gasteiger partial charge >= 0.3 is 5.97 Å². The molecule has 1 aromatic heterocycles. The highest BCUT2D eigenvalue weighted by Gasteiger charge is 2.35. The van der Waals surface area contributed by atoms with E-state index < -0.39 is 12.0 Å². The Bertz CT molecular complexity index is 1890. The van der Waals surface area contributed by atoms with Crippen LogP contribution in [0.2, 0.25) is 0 Å². The number of allylic oxidation sites excluding steroid dienone is 1. The lowest BCUT2D eigenvalue weighted by Crippen LogP contribution is -2.40. The number of fused-ring (bicyclic) bond motifs is 1. The van der Waals surface area contributed by atoms with Crippen molar-refractivity contribution in [3.8, 4) is 17.2 Å². The Labute approximate surface area is 273 Å². The predicted octanol–water partition coefficient (Wildman–Crippen LogP) is 5.78. The van der Waals surface area contributed by atoms with E-state index in [4.69, 9.17) is 18.9 Å². The van der Waals surface area contributed by atoms with E-state index >= 15 is 0 Å². The van der Waals surface area contributed by atoms with Crippen LogP contribution >= 0.6 is 33.9 Å². The first-order chi connectivity index (χ1) is 21.2. The van der Waals surface area contributed by atoms with E-state index in [2.05, 4.69) is 27.6 Å². The summed E-state index contributed by atoms with van der Waals surface area (Å²) in [6.45, 7) is 7.98. The predicted molar refractivity (Wildman–Crippen MR) is 179 cm³/mol. The van der Waals surface area contributed by atoms with Gasteiger partial charge in [-0.05, 0) is 97.8 Å². The van der Waals surface area contributed by atoms with Crippen LogP contribution in [-0.4, -0.2) is 30.4 Å². The molecule has 1 aliphatic heterocycles. The summed E-state index contributed by atoms with van der Waals surface area (Å²) in [5.74, 6) is 1.22. The summed E-state index contributed by atoms with van der Waals surface area (Å²) in [6, 6.07) is 20.3. The van der Waals surface area contributed by atoms with Gasteiger partial charge in [-0.1, -0.05) is 47.7 Å². The number of halogens is 1. The summed E-state index contributed by atoms with van der Waals surface area (Å²) >= 11 is 3.53. The van der Waals surface area contributed by atoms with E-state index in [1.54, 1.807) is 31.6 Å². The molecular weight excluding hydrogens is 691 g/mol. The van der Waals surface area contributed by atoms with E-state index in [1.165, 1.54) is 11.3 Å². The van der Waals surface area contributed by atoms with E-state index in [0.29, 0.717) is 50.0 Å². The SMILES string of the molecule is CCOC(=O)C1=C(C)N=c2s/c(=C/c3ccc(OCc4ccc(I)cc4)c(OC)c3)c(=O)n2[C@H]1c1ccccc1OC(C)C. The number of nitrogens with zero attached hydrogens (tertiary/aromatic N) is 2. The smallest absolute Gasteiger partial charge is 0.338 e. The molecule has 0 amide bonds. The van der Waals surface area contributed by atoms with Crippen molar-refractivity contribution in [2.45, 2.75) is 46.4 Å². The second-order valence-electron chi connectivity index (χ2n) is 10.3. The summed E-state index contributed by atoms with van der Waals surface area (Å²) in [6.07, 6.45) is 1.69. The average molecular weight is 725 g/mol. The van der Waals surface area contributed by atoms with Gasteiger partial charge in [0.15, 0.2) is 16.3 Å². The Morgan fingerprint density at radius 3 is 2.52 bits per heavy atom. The molecule has 5 rings (SSSR count). The number of benzene rings is 3. The van der Waals surface area contributed by atoms with Gasteiger partial charge in [-0.25, -0.2) is 9.79 Å².